The number of alkyl halides is 2. The third-order valence-corrected chi connectivity index (χ3v) is 6.21. The van der Waals surface area contributed by atoms with Crippen molar-refractivity contribution in [3.05, 3.63) is 23.8 Å². The number of Topliss-reactive ketones (excluding diaryl/α,β-unsaturated/α-hetero) is 1. The Balaban J connectivity index is 1.74. The van der Waals surface area contributed by atoms with Gasteiger partial charge in [0.1, 0.15) is 11.5 Å². The highest BCUT2D eigenvalue weighted by Crippen LogP contribution is 2.53. The van der Waals surface area contributed by atoms with Crippen LogP contribution in [0.3, 0.4) is 0 Å². The standard InChI is InChI=1S/C16H17F2NO2S/c1-19-7-6-15(5-4-11(20)9-14(15)19)10-2-3-13-12(8-10)21-16(17,18)22-13/h2-3,8,14H,4-7,9H2,1H3/t14-,15-/m0/s1. The Morgan fingerprint density at radius 1 is 1.36 bits per heavy atom. The third kappa shape index (κ3) is 2.07. The molecule has 0 aromatic heterocycles. The quantitative estimate of drug-likeness (QED) is 0.791. The predicted molar refractivity (Wildman–Crippen MR) is 79.4 cm³/mol. The van der Waals surface area contributed by atoms with Gasteiger partial charge in [0.15, 0.2) is 0 Å². The van der Waals surface area contributed by atoms with Crippen molar-refractivity contribution in [1.82, 2.24) is 4.90 Å². The average Bonchev–Trinajstić information content (AvgIpc) is 2.95. The molecule has 1 aliphatic carbocycles. The Hall–Kier alpha value is -1.14. The van der Waals surface area contributed by atoms with Crippen molar-refractivity contribution in [2.75, 3.05) is 13.6 Å². The van der Waals surface area contributed by atoms with E-state index in [1.165, 1.54) is 0 Å². The van der Waals surface area contributed by atoms with Gasteiger partial charge >= 0.3 is 5.44 Å². The number of halogens is 2. The number of benzene rings is 1. The normalized spacial score (nSPS) is 33.4. The topological polar surface area (TPSA) is 29.5 Å². The molecule has 2 aliphatic heterocycles. The lowest BCUT2D eigenvalue weighted by Crippen LogP contribution is -2.46. The molecule has 1 aromatic carbocycles. The van der Waals surface area contributed by atoms with E-state index in [0.29, 0.717) is 35.3 Å². The van der Waals surface area contributed by atoms with Crippen LogP contribution in [-0.4, -0.2) is 35.8 Å². The van der Waals surface area contributed by atoms with Gasteiger partial charge in [-0.1, -0.05) is 6.07 Å². The van der Waals surface area contributed by atoms with Crippen molar-refractivity contribution in [3.8, 4) is 5.75 Å². The molecular formula is C16H17F2NO2S. The Labute approximate surface area is 132 Å². The summed E-state index contributed by atoms with van der Waals surface area (Å²) in [5.74, 6) is 0.570. The average molecular weight is 325 g/mol. The SMILES string of the molecule is CN1CC[C@]2(c3ccc4c(c3)OC(F)(F)S4)CCC(=O)C[C@H]12. The lowest BCUT2D eigenvalue weighted by molar-refractivity contribution is -0.122. The molecule has 0 radical (unpaired) electrons. The van der Waals surface area contributed by atoms with E-state index < -0.39 is 5.44 Å². The first kappa shape index (κ1) is 14.5. The van der Waals surface area contributed by atoms with Crippen molar-refractivity contribution in [2.24, 2.45) is 0 Å². The molecule has 2 heterocycles. The summed E-state index contributed by atoms with van der Waals surface area (Å²) in [6.07, 6.45) is 2.89. The number of carbonyl (C=O) groups excluding carboxylic acids is 1. The first-order valence-corrected chi connectivity index (χ1v) is 8.34. The first-order chi connectivity index (χ1) is 10.4. The Morgan fingerprint density at radius 3 is 3.00 bits per heavy atom. The lowest BCUT2D eigenvalue weighted by Gasteiger charge is -2.41. The fraction of sp³-hybridized carbons (Fsp3) is 0.562. The van der Waals surface area contributed by atoms with Crippen molar-refractivity contribution in [2.45, 2.75) is 47.5 Å². The number of nitrogens with zero attached hydrogens (tertiary/aromatic N) is 1. The molecule has 2 fully saturated rings. The summed E-state index contributed by atoms with van der Waals surface area (Å²) >= 11 is 0.452. The number of likely N-dealkylation sites (tertiary alicyclic amines) is 1. The van der Waals surface area contributed by atoms with Crippen LogP contribution in [0, 0.1) is 0 Å². The van der Waals surface area contributed by atoms with Crippen molar-refractivity contribution < 1.29 is 18.3 Å². The van der Waals surface area contributed by atoms with Gasteiger partial charge in [0, 0.05) is 24.3 Å². The summed E-state index contributed by atoms with van der Waals surface area (Å²) in [6, 6.07) is 5.61. The van der Waals surface area contributed by atoms with Gasteiger partial charge in [-0.3, -0.25) is 4.79 Å². The first-order valence-electron chi connectivity index (χ1n) is 7.52. The minimum Gasteiger partial charge on any atom is -0.423 e. The zero-order chi connectivity index (χ0) is 15.5. The molecule has 0 bridgehead atoms. The number of hydrogen-bond donors (Lipinski definition) is 0. The smallest absolute Gasteiger partial charge is 0.423 e. The second-order valence-corrected chi connectivity index (χ2v) is 7.59. The summed E-state index contributed by atoms with van der Waals surface area (Å²) in [4.78, 5) is 14.6. The number of likely N-dealkylation sites (N-methyl/N-ethyl adjacent to an activating group) is 1. The summed E-state index contributed by atoms with van der Waals surface area (Å²) in [7, 11) is 2.04. The molecule has 0 amide bonds. The number of thioether (sulfide) groups is 1. The van der Waals surface area contributed by atoms with Gasteiger partial charge in [-0.15, -0.1) is 0 Å². The Bertz CT molecular complexity index is 651. The molecule has 3 aliphatic rings. The van der Waals surface area contributed by atoms with E-state index in [-0.39, 0.29) is 17.2 Å². The number of carbonyl (C=O) groups is 1. The molecule has 1 saturated carbocycles. The van der Waals surface area contributed by atoms with Crippen LogP contribution >= 0.6 is 11.8 Å². The van der Waals surface area contributed by atoms with Crippen LogP contribution in [0.15, 0.2) is 23.1 Å². The molecule has 1 saturated heterocycles. The summed E-state index contributed by atoms with van der Waals surface area (Å²) in [5, 5.41) is 0. The molecule has 4 rings (SSSR count). The van der Waals surface area contributed by atoms with Gasteiger partial charge in [0.05, 0.1) is 4.90 Å². The monoisotopic (exact) mass is 325 g/mol. The van der Waals surface area contributed by atoms with Crippen LogP contribution in [0.25, 0.3) is 0 Å². The zero-order valence-corrected chi connectivity index (χ0v) is 13.1. The minimum atomic E-state index is -3.17. The summed E-state index contributed by atoms with van der Waals surface area (Å²) < 4.78 is 31.5. The van der Waals surface area contributed by atoms with Gasteiger partial charge in [0.2, 0.25) is 0 Å². The number of ketones is 1. The maximum atomic E-state index is 13.4. The van der Waals surface area contributed by atoms with E-state index in [2.05, 4.69) is 4.90 Å². The largest absolute Gasteiger partial charge is 0.457 e. The van der Waals surface area contributed by atoms with Crippen molar-refractivity contribution in [3.63, 3.8) is 0 Å². The highest BCUT2D eigenvalue weighted by molar-refractivity contribution is 8.00. The number of ether oxygens (including phenoxy) is 1. The molecule has 118 valence electrons. The number of rotatable bonds is 1. The van der Waals surface area contributed by atoms with Crippen LogP contribution in [0.1, 0.15) is 31.2 Å². The van der Waals surface area contributed by atoms with Gasteiger partial charge in [-0.25, -0.2) is 0 Å². The second-order valence-electron chi connectivity index (χ2n) is 6.47. The molecular weight excluding hydrogens is 308 g/mol. The highest BCUT2D eigenvalue weighted by Gasteiger charge is 2.51. The molecule has 0 spiro atoms. The van der Waals surface area contributed by atoms with Crippen LogP contribution in [-0.2, 0) is 10.2 Å². The van der Waals surface area contributed by atoms with E-state index in [9.17, 15) is 13.6 Å². The third-order valence-electron chi connectivity index (χ3n) is 5.33. The van der Waals surface area contributed by atoms with E-state index in [1.54, 1.807) is 12.1 Å². The second kappa shape index (κ2) is 4.68. The molecule has 0 unspecified atom stereocenters. The van der Waals surface area contributed by atoms with Crippen LogP contribution < -0.4 is 4.74 Å². The molecule has 0 N–H and O–H groups in total. The Kier molecular flexibility index (Phi) is 3.07. The molecule has 2 atom stereocenters. The van der Waals surface area contributed by atoms with Gasteiger partial charge in [-0.05, 0) is 55.9 Å². The Morgan fingerprint density at radius 2 is 2.18 bits per heavy atom. The predicted octanol–water partition coefficient (Wildman–Crippen LogP) is 3.42. The van der Waals surface area contributed by atoms with Crippen LogP contribution in [0.2, 0.25) is 0 Å². The zero-order valence-electron chi connectivity index (χ0n) is 12.3. The van der Waals surface area contributed by atoms with Gasteiger partial charge < -0.3 is 9.64 Å². The van der Waals surface area contributed by atoms with Crippen LogP contribution in [0.4, 0.5) is 8.78 Å². The van der Waals surface area contributed by atoms with Crippen molar-refractivity contribution >= 4 is 17.5 Å². The summed E-state index contributed by atoms with van der Waals surface area (Å²) in [6.45, 7) is 0.931. The maximum absolute atomic E-state index is 13.4. The van der Waals surface area contributed by atoms with E-state index in [0.717, 1.165) is 24.9 Å². The number of fused-ring (bicyclic) bond motifs is 2. The van der Waals surface area contributed by atoms with E-state index in [1.807, 2.05) is 13.1 Å². The van der Waals surface area contributed by atoms with Gasteiger partial charge in [-0.2, -0.15) is 8.78 Å². The van der Waals surface area contributed by atoms with E-state index in [4.69, 9.17) is 4.74 Å². The fourth-order valence-corrected chi connectivity index (χ4v) is 4.91. The van der Waals surface area contributed by atoms with Crippen molar-refractivity contribution in [1.29, 1.82) is 0 Å². The molecule has 3 nitrogen and oxygen atoms in total. The molecule has 6 heteroatoms. The molecule has 22 heavy (non-hydrogen) atoms. The van der Waals surface area contributed by atoms with Gasteiger partial charge in [0.25, 0.3) is 0 Å². The van der Waals surface area contributed by atoms with Crippen LogP contribution in [0.5, 0.6) is 5.75 Å². The maximum Gasteiger partial charge on any atom is 0.457 e. The minimum absolute atomic E-state index is 0.108. The number of hydrogen-bond acceptors (Lipinski definition) is 4. The highest BCUT2D eigenvalue weighted by atomic mass is 32.2. The summed E-state index contributed by atoms with van der Waals surface area (Å²) in [5.41, 5.74) is -2.25. The fourth-order valence-electron chi connectivity index (χ4n) is 4.18. The van der Waals surface area contributed by atoms with E-state index >= 15 is 0 Å². The molecule has 1 aromatic rings. The lowest BCUT2D eigenvalue weighted by atomic mass is 9.66.